The molecule has 1 aromatic heterocycles. The van der Waals surface area contributed by atoms with Gasteiger partial charge in [0, 0.05) is 29.8 Å². The van der Waals surface area contributed by atoms with Crippen molar-refractivity contribution in [2.75, 3.05) is 4.90 Å². The number of nitro groups is 1. The number of β-lactam (4-membered cyclic amide) rings is 1. The highest BCUT2D eigenvalue weighted by Crippen LogP contribution is 2.55. The Balaban J connectivity index is 1.44. The van der Waals surface area contributed by atoms with Crippen molar-refractivity contribution in [3.8, 4) is 0 Å². The zero-order chi connectivity index (χ0) is 17.8. The maximum absolute atomic E-state index is 12.8. The van der Waals surface area contributed by atoms with Gasteiger partial charge >= 0.3 is 0 Å². The Morgan fingerprint density at radius 3 is 2.73 bits per heavy atom. The monoisotopic (exact) mass is 345 g/mol. The lowest BCUT2D eigenvalue weighted by atomic mass is 9.59. The Hall–Kier alpha value is -3.28. The molecule has 6 nitrogen and oxygen atoms in total. The van der Waals surface area contributed by atoms with Gasteiger partial charge in [-0.3, -0.25) is 19.9 Å². The van der Waals surface area contributed by atoms with Gasteiger partial charge in [-0.15, -0.1) is 0 Å². The zero-order valence-corrected chi connectivity index (χ0v) is 13.8. The summed E-state index contributed by atoms with van der Waals surface area (Å²) in [5.74, 6) is 0.0541. The van der Waals surface area contributed by atoms with Gasteiger partial charge < -0.3 is 4.90 Å². The standard InChI is InChI=1S/C20H15N3O3/c24-20-18-15(13-5-1-7-14(10-13)23(25)26)11-17(18)22(20)16-8-2-4-12-6-3-9-21-19(12)16/h1-10,15,17-18H,11H2/t15-,17-,18+/m1/s1. The van der Waals surface area contributed by atoms with Crippen LogP contribution in [0.5, 0.6) is 0 Å². The molecule has 1 saturated carbocycles. The van der Waals surface area contributed by atoms with Crippen molar-refractivity contribution < 1.29 is 9.72 Å². The second kappa shape index (κ2) is 5.36. The fourth-order valence-corrected chi connectivity index (χ4v) is 4.26. The number of hydrogen-bond acceptors (Lipinski definition) is 4. The summed E-state index contributed by atoms with van der Waals surface area (Å²) in [6.45, 7) is 0. The third-order valence-electron chi connectivity index (χ3n) is 5.58. The van der Waals surface area contributed by atoms with E-state index in [1.54, 1.807) is 18.3 Å². The van der Waals surface area contributed by atoms with Gasteiger partial charge in [0.2, 0.25) is 5.91 Å². The largest absolute Gasteiger partial charge is 0.306 e. The molecule has 6 heteroatoms. The highest BCUT2D eigenvalue weighted by molar-refractivity contribution is 6.09. The maximum Gasteiger partial charge on any atom is 0.269 e. The number of nitro benzene ring substituents is 1. The highest BCUT2D eigenvalue weighted by atomic mass is 16.6. The number of rotatable bonds is 3. The molecule has 0 bridgehead atoms. The number of carbonyl (C=O) groups is 1. The van der Waals surface area contributed by atoms with Gasteiger partial charge in [-0.1, -0.05) is 30.3 Å². The molecule has 3 atom stereocenters. The minimum Gasteiger partial charge on any atom is -0.306 e. The van der Waals surface area contributed by atoms with Gasteiger partial charge in [0.25, 0.3) is 5.69 Å². The molecule has 0 N–H and O–H groups in total. The number of aromatic nitrogens is 1. The Bertz CT molecular complexity index is 1060. The lowest BCUT2D eigenvalue weighted by Gasteiger charge is -2.59. The molecular weight excluding hydrogens is 330 g/mol. The third kappa shape index (κ3) is 1.98. The predicted octanol–water partition coefficient (Wildman–Crippen LogP) is 3.66. The molecule has 2 fully saturated rings. The van der Waals surface area contributed by atoms with Crippen molar-refractivity contribution in [2.45, 2.75) is 18.4 Å². The summed E-state index contributed by atoms with van der Waals surface area (Å²) >= 11 is 0. The molecule has 0 spiro atoms. The average Bonchev–Trinajstić information content (AvgIpc) is 2.64. The van der Waals surface area contributed by atoms with E-state index in [9.17, 15) is 14.9 Å². The molecule has 1 aliphatic carbocycles. The molecule has 2 heterocycles. The number of benzene rings is 2. The number of para-hydroxylation sites is 1. The molecular formula is C20H15N3O3. The van der Waals surface area contributed by atoms with Crippen molar-refractivity contribution in [1.82, 2.24) is 4.98 Å². The highest BCUT2D eigenvalue weighted by Gasteiger charge is 2.60. The zero-order valence-electron chi connectivity index (χ0n) is 13.8. The van der Waals surface area contributed by atoms with Crippen LogP contribution in [-0.2, 0) is 4.79 Å². The first-order valence-corrected chi connectivity index (χ1v) is 8.56. The van der Waals surface area contributed by atoms with Crippen molar-refractivity contribution in [1.29, 1.82) is 0 Å². The smallest absolute Gasteiger partial charge is 0.269 e. The quantitative estimate of drug-likeness (QED) is 0.412. The molecule has 128 valence electrons. The lowest BCUT2D eigenvalue weighted by molar-refractivity contribution is -0.385. The second-order valence-electron chi connectivity index (χ2n) is 6.85. The Morgan fingerprint density at radius 1 is 1.12 bits per heavy atom. The molecule has 1 saturated heterocycles. The van der Waals surface area contributed by atoms with Crippen LogP contribution in [-0.4, -0.2) is 21.9 Å². The first-order valence-electron chi connectivity index (χ1n) is 8.56. The maximum atomic E-state index is 12.8. The number of carbonyl (C=O) groups excluding carboxylic acids is 1. The van der Waals surface area contributed by atoms with E-state index in [0.29, 0.717) is 0 Å². The normalized spacial score (nSPS) is 23.9. The average molecular weight is 345 g/mol. The van der Waals surface area contributed by atoms with E-state index in [4.69, 9.17) is 0 Å². The Kier molecular flexibility index (Phi) is 3.09. The lowest BCUT2D eigenvalue weighted by Crippen LogP contribution is -2.70. The Morgan fingerprint density at radius 2 is 1.92 bits per heavy atom. The third-order valence-corrected chi connectivity index (χ3v) is 5.58. The van der Waals surface area contributed by atoms with E-state index in [1.165, 1.54) is 6.07 Å². The molecule has 0 radical (unpaired) electrons. The van der Waals surface area contributed by atoms with Gasteiger partial charge in [0.15, 0.2) is 0 Å². The van der Waals surface area contributed by atoms with Crippen LogP contribution in [0.4, 0.5) is 11.4 Å². The van der Waals surface area contributed by atoms with Crippen LogP contribution in [0, 0.1) is 16.0 Å². The van der Waals surface area contributed by atoms with Crippen molar-refractivity contribution >= 4 is 28.2 Å². The molecule has 0 unspecified atom stereocenters. The second-order valence-corrected chi connectivity index (χ2v) is 6.85. The summed E-state index contributed by atoms with van der Waals surface area (Å²) in [5.41, 5.74) is 2.64. The number of hydrogen-bond donors (Lipinski definition) is 0. The van der Waals surface area contributed by atoms with Crippen LogP contribution in [0.25, 0.3) is 10.9 Å². The van der Waals surface area contributed by atoms with E-state index >= 15 is 0 Å². The minimum absolute atomic E-state index is 0.0617. The number of nitrogens with zero attached hydrogens (tertiary/aromatic N) is 3. The number of piperidine rings is 1. The predicted molar refractivity (Wildman–Crippen MR) is 97.0 cm³/mol. The number of anilines is 1. The fourth-order valence-electron chi connectivity index (χ4n) is 4.26. The van der Waals surface area contributed by atoms with Gasteiger partial charge in [-0.25, -0.2) is 0 Å². The van der Waals surface area contributed by atoms with E-state index in [0.717, 1.165) is 28.6 Å². The SMILES string of the molecule is O=C1[C@H]2[C@@H](c3cccc([N+](=O)[O-])c3)C[C@H]2N1c1cccc2cccnc12. The van der Waals surface area contributed by atoms with Crippen LogP contribution in [0.3, 0.4) is 0 Å². The molecule has 2 aromatic carbocycles. The summed E-state index contributed by atoms with van der Waals surface area (Å²) in [6, 6.07) is 16.5. The number of pyridine rings is 1. The van der Waals surface area contributed by atoms with Crippen molar-refractivity contribution in [3.05, 3.63) is 76.5 Å². The summed E-state index contributed by atoms with van der Waals surface area (Å²) in [7, 11) is 0. The molecule has 3 aromatic rings. The molecule has 5 rings (SSSR count). The van der Waals surface area contributed by atoms with Gasteiger partial charge in [0.05, 0.1) is 22.0 Å². The summed E-state index contributed by atoms with van der Waals surface area (Å²) < 4.78 is 0. The first kappa shape index (κ1) is 15.0. The first-order chi connectivity index (χ1) is 12.6. The molecule has 1 amide bonds. The minimum atomic E-state index is -0.393. The molecule has 1 aliphatic heterocycles. The molecule has 2 aliphatic rings. The van der Waals surface area contributed by atoms with Crippen LogP contribution < -0.4 is 4.90 Å². The van der Waals surface area contributed by atoms with E-state index < -0.39 is 4.92 Å². The van der Waals surface area contributed by atoms with E-state index in [2.05, 4.69) is 4.98 Å². The van der Waals surface area contributed by atoms with E-state index in [-0.39, 0.29) is 29.5 Å². The topological polar surface area (TPSA) is 76.3 Å². The summed E-state index contributed by atoms with van der Waals surface area (Å²) in [6.07, 6.45) is 2.56. The summed E-state index contributed by atoms with van der Waals surface area (Å²) in [5, 5.41) is 12.0. The van der Waals surface area contributed by atoms with Crippen LogP contribution in [0.1, 0.15) is 17.9 Å². The summed E-state index contributed by atoms with van der Waals surface area (Å²) in [4.78, 5) is 29.7. The van der Waals surface area contributed by atoms with Gasteiger partial charge in [-0.2, -0.15) is 0 Å². The number of amides is 1. The van der Waals surface area contributed by atoms with Gasteiger partial charge in [-0.05, 0) is 30.0 Å². The molecule has 26 heavy (non-hydrogen) atoms. The number of fused-ring (bicyclic) bond motifs is 2. The number of non-ortho nitro benzene ring substituents is 1. The van der Waals surface area contributed by atoms with Crippen molar-refractivity contribution in [2.24, 2.45) is 5.92 Å². The van der Waals surface area contributed by atoms with Crippen molar-refractivity contribution in [3.63, 3.8) is 0 Å². The Labute approximate surface area is 149 Å². The van der Waals surface area contributed by atoms with Crippen LogP contribution in [0.2, 0.25) is 0 Å². The van der Waals surface area contributed by atoms with E-state index in [1.807, 2.05) is 41.3 Å². The van der Waals surface area contributed by atoms with Crippen LogP contribution >= 0.6 is 0 Å². The van der Waals surface area contributed by atoms with Gasteiger partial charge in [0.1, 0.15) is 0 Å². The van der Waals surface area contributed by atoms with Crippen LogP contribution in [0.15, 0.2) is 60.8 Å². The fraction of sp³-hybridized carbons (Fsp3) is 0.200.